The molecule has 0 spiro atoms. The van der Waals surface area contributed by atoms with Crippen molar-refractivity contribution in [2.24, 2.45) is 0 Å². The van der Waals surface area contributed by atoms with E-state index in [-0.39, 0.29) is 24.4 Å². The Bertz CT molecular complexity index is 1200. The van der Waals surface area contributed by atoms with Gasteiger partial charge in [-0.3, -0.25) is 9.59 Å². The number of anilines is 2. The second-order valence-corrected chi connectivity index (χ2v) is 7.92. The van der Waals surface area contributed by atoms with Gasteiger partial charge in [0.1, 0.15) is 11.9 Å². The summed E-state index contributed by atoms with van der Waals surface area (Å²) in [5.74, 6) is -1.00. The summed E-state index contributed by atoms with van der Waals surface area (Å²) in [7, 11) is 0. The van der Waals surface area contributed by atoms with E-state index in [0.717, 1.165) is 12.1 Å². The van der Waals surface area contributed by atoms with E-state index in [1.807, 2.05) is 0 Å². The highest BCUT2D eigenvalue weighted by Gasteiger charge is 2.35. The van der Waals surface area contributed by atoms with Crippen molar-refractivity contribution < 1.29 is 36.3 Å². The Morgan fingerprint density at radius 1 is 1.09 bits per heavy atom. The molecule has 3 aromatic rings. The van der Waals surface area contributed by atoms with Crippen LogP contribution in [0.25, 0.3) is 11.3 Å². The molecule has 4 rings (SSSR count). The third kappa shape index (κ3) is 6.24. The van der Waals surface area contributed by atoms with Gasteiger partial charge in [-0.15, -0.1) is 0 Å². The summed E-state index contributed by atoms with van der Waals surface area (Å²) in [5.41, 5.74) is -0.984. The zero-order chi connectivity index (χ0) is 25.0. The number of aromatic nitrogens is 1. The summed E-state index contributed by atoms with van der Waals surface area (Å²) in [6.45, 7) is 0.429. The molecule has 11 heteroatoms. The van der Waals surface area contributed by atoms with Gasteiger partial charge >= 0.3 is 6.18 Å². The number of benzene rings is 2. The zero-order valence-electron chi connectivity index (χ0n) is 18.3. The molecule has 2 amide bonds. The molecule has 1 aromatic heterocycles. The van der Waals surface area contributed by atoms with Crippen LogP contribution < -0.4 is 10.6 Å². The molecule has 184 valence electrons. The minimum Gasteiger partial charge on any atom is -0.441 e. The summed E-state index contributed by atoms with van der Waals surface area (Å²) in [5, 5.41) is 4.68. The predicted octanol–water partition coefficient (Wildman–Crippen LogP) is 5.19. The normalized spacial score (nSPS) is 15.7. The van der Waals surface area contributed by atoms with Crippen LogP contribution in [-0.4, -0.2) is 29.5 Å². The number of amides is 2. The number of alkyl halides is 3. The topological polar surface area (TPSA) is 93.5 Å². The van der Waals surface area contributed by atoms with Gasteiger partial charge in [-0.05, 0) is 55.3 Å². The number of hydrogen-bond acceptors (Lipinski definition) is 5. The van der Waals surface area contributed by atoms with Gasteiger partial charge in [0.2, 0.25) is 5.91 Å². The number of hydrogen-bond donors (Lipinski definition) is 2. The highest BCUT2D eigenvalue weighted by molar-refractivity contribution is 5.96. The van der Waals surface area contributed by atoms with E-state index < -0.39 is 41.2 Å². The molecule has 1 atom stereocenters. The lowest BCUT2D eigenvalue weighted by Gasteiger charge is -2.16. The van der Waals surface area contributed by atoms with Gasteiger partial charge in [-0.2, -0.15) is 13.2 Å². The molecule has 2 aromatic carbocycles. The van der Waals surface area contributed by atoms with Crippen LogP contribution in [0.1, 0.15) is 30.7 Å². The van der Waals surface area contributed by atoms with E-state index in [1.54, 1.807) is 0 Å². The highest BCUT2D eigenvalue weighted by atomic mass is 19.4. The van der Waals surface area contributed by atoms with Crippen molar-refractivity contribution in [3.63, 3.8) is 0 Å². The van der Waals surface area contributed by atoms with Crippen molar-refractivity contribution in [1.29, 1.82) is 0 Å². The van der Waals surface area contributed by atoms with Gasteiger partial charge < -0.3 is 19.8 Å². The monoisotopic (exact) mass is 491 g/mol. The van der Waals surface area contributed by atoms with Crippen molar-refractivity contribution >= 4 is 23.2 Å². The van der Waals surface area contributed by atoms with Crippen LogP contribution in [-0.2, 0) is 26.9 Å². The van der Waals surface area contributed by atoms with Gasteiger partial charge in [0.05, 0.1) is 17.4 Å². The Hall–Kier alpha value is -3.73. The maximum atomic E-state index is 13.6. The van der Waals surface area contributed by atoms with Crippen LogP contribution in [0.5, 0.6) is 0 Å². The number of aryl methyl sites for hydroxylation is 1. The maximum absolute atomic E-state index is 13.6. The van der Waals surface area contributed by atoms with Crippen LogP contribution in [0.4, 0.5) is 28.9 Å². The van der Waals surface area contributed by atoms with E-state index in [9.17, 15) is 27.2 Å². The summed E-state index contributed by atoms with van der Waals surface area (Å²) >= 11 is 0. The Balaban J connectivity index is 1.39. The lowest BCUT2D eigenvalue weighted by molar-refractivity contribution is -0.137. The highest BCUT2D eigenvalue weighted by Crippen LogP contribution is 2.37. The van der Waals surface area contributed by atoms with Crippen molar-refractivity contribution in [2.75, 3.05) is 17.2 Å². The largest absolute Gasteiger partial charge is 0.441 e. The summed E-state index contributed by atoms with van der Waals surface area (Å²) < 4.78 is 64.7. The quantitative estimate of drug-likeness (QED) is 0.444. The third-order valence-corrected chi connectivity index (χ3v) is 5.34. The number of carbonyl (C=O) groups is 2. The van der Waals surface area contributed by atoms with Crippen molar-refractivity contribution in [3.05, 3.63) is 65.9 Å². The van der Waals surface area contributed by atoms with Gasteiger partial charge in [-0.1, -0.05) is 0 Å². The number of ether oxygens (including phenoxy) is 1. The van der Waals surface area contributed by atoms with Crippen LogP contribution in [0, 0.1) is 5.82 Å². The number of oxazole rings is 1. The minimum atomic E-state index is -4.76. The first-order valence-electron chi connectivity index (χ1n) is 10.8. The van der Waals surface area contributed by atoms with Crippen LogP contribution >= 0.6 is 0 Å². The third-order valence-electron chi connectivity index (χ3n) is 5.34. The first-order chi connectivity index (χ1) is 16.7. The summed E-state index contributed by atoms with van der Waals surface area (Å²) in [4.78, 5) is 28.5. The van der Waals surface area contributed by atoms with Crippen molar-refractivity contribution in [3.8, 4) is 11.3 Å². The van der Waals surface area contributed by atoms with Crippen molar-refractivity contribution in [1.82, 2.24) is 4.98 Å². The number of nitrogens with zero attached hydrogens (tertiary/aromatic N) is 1. The minimum absolute atomic E-state index is 0.0455. The van der Waals surface area contributed by atoms with E-state index in [2.05, 4.69) is 15.6 Å². The molecule has 2 N–H and O–H groups in total. The molecular weight excluding hydrogens is 470 g/mol. The molecule has 0 aliphatic carbocycles. The Labute approximate surface area is 197 Å². The Kier molecular flexibility index (Phi) is 7.15. The fourth-order valence-electron chi connectivity index (χ4n) is 3.58. The number of rotatable bonds is 7. The molecule has 0 radical (unpaired) electrons. The fraction of sp³-hybridized carbons (Fsp3) is 0.292. The number of halogens is 4. The summed E-state index contributed by atoms with van der Waals surface area (Å²) in [6, 6.07) is 8.69. The van der Waals surface area contributed by atoms with Crippen LogP contribution in [0.2, 0.25) is 0 Å². The number of nitrogens with one attached hydrogen (secondary N) is 2. The zero-order valence-corrected chi connectivity index (χ0v) is 18.3. The molecule has 1 aliphatic heterocycles. The molecule has 7 nitrogen and oxygen atoms in total. The number of carbonyl (C=O) groups excluding carboxylic acids is 2. The second-order valence-electron chi connectivity index (χ2n) is 7.92. The Morgan fingerprint density at radius 3 is 2.54 bits per heavy atom. The first-order valence-corrected chi connectivity index (χ1v) is 10.8. The van der Waals surface area contributed by atoms with E-state index in [0.29, 0.717) is 30.8 Å². The molecular formula is C24H21F4N3O4. The lowest BCUT2D eigenvalue weighted by Crippen LogP contribution is -2.27. The molecule has 0 saturated carbocycles. The predicted molar refractivity (Wildman–Crippen MR) is 118 cm³/mol. The molecule has 1 unspecified atom stereocenters. The van der Waals surface area contributed by atoms with Crippen molar-refractivity contribution in [2.45, 2.75) is 38.0 Å². The molecule has 0 bridgehead atoms. The molecule has 1 aliphatic rings. The van der Waals surface area contributed by atoms with Crippen LogP contribution in [0.15, 0.2) is 53.1 Å². The first kappa shape index (κ1) is 24.4. The molecule has 1 saturated heterocycles. The van der Waals surface area contributed by atoms with E-state index >= 15 is 0 Å². The van der Waals surface area contributed by atoms with E-state index in [1.165, 1.54) is 36.5 Å². The van der Waals surface area contributed by atoms with Crippen LogP contribution in [0.3, 0.4) is 0 Å². The Morgan fingerprint density at radius 2 is 1.86 bits per heavy atom. The summed E-state index contributed by atoms with van der Waals surface area (Å²) in [6.07, 6.45) is -2.96. The molecule has 1 fully saturated rings. The average Bonchev–Trinajstić information content (AvgIpc) is 3.51. The smallest absolute Gasteiger partial charge is 0.418 e. The SMILES string of the molecule is O=C(CCc1ncc(-c2ccc(F)cc2)o1)Nc1ccc(NC(=O)C2CCCO2)cc1C(F)(F)F. The fourth-order valence-corrected chi connectivity index (χ4v) is 3.58. The van der Waals surface area contributed by atoms with Gasteiger partial charge in [-0.25, -0.2) is 9.37 Å². The van der Waals surface area contributed by atoms with Gasteiger partial charge in [0.25, 0.3) is 5.91 Å². The molecule has 2 heterocycles. The standard InChI is InChI=1S/C24H21F4N3O4/c25-15-5-3-14(4-6-15)20-13-29-22(35-20)10-9-21(32)31-18-8-7-16(12-17(18)24(26,27)28)30-23(33)19-2-1-11-34-19/h3-8,12-13,19H,1-2,9-11H2,(H,30,33)(H,31,32). The lowest BCUT2D eigenvalue weighted by atomic mass is 10.1. The average molecular weight is 491 g/mol. The van der Waals surface area contributed by atoms with Gasteiger partial charge in [0, 0.05) is 30.7 Å². The maximum Gasteiger partial charge on any atom is 0.418 e. The molecule has 35 heavy (non-hydrogen) atoms. The van der Waals surface area contributed by atoms with E-state index in [4.69, 9.17) is 9.15 Å². The van der Waals surface area contributed by atoms with Gasteiger partial charge in [0.15, 0.2) is 11.7 Å². The second kappa shape index (κ2) is 10.3.